The van der Waals surface area contributed by atoms with E-state index < -0.39 is 29.6 Å². The summed E-state index contributed by atoms with van der Waals surface area (Å²) in [4.78, 5) is 0. The van der Waals surface area contributed by atoms with E-state index in [1.807, 2.05) is 11.8 Å². The molecule has 1 N–H and O–H groups in total. The molecule has 0 saturated carbocycles. The minimum Gasteiger partial charge on any atom is -0.384 e. The van der Waals surface area contributed by atoms with Crippen LogP contribution in [0.25, 0.3) is 0 Å². The van der Waals surface area contributed by atoms with Gasteiger partial charge in [-0.3, -0.25) is 0 Å². The van der Waals surface area contributed by atoms with Crippen LogP contribution in [0.15, 0.2) is 12.1 Å². The van der Waals surface area contributed by atoms with Gasteiger partial charge in [0.1, 0.15) is 12.4 Å². The van der Waals surface area contributed by atoms with Crippen LogP contribution < -0.4 is 0 Å². The average Bonchev–Trinajstić information content (AvgIpc) is 2.12. The lowest BCUT2D eigenvalue weighted by molar-refractivity contribution is 0.350. The topological polar surface area (TPSA) is 20.2 Å². The van der Waals surface area contributed by atoms with Crippen molar-refractivity contribution in [3.63, 3.8) is 0 Å². The van der Waals surface area contributed by atoms with Gasteiger partial charge in [-0.05, 0) is 12.1 Å². The Balaban J connectivity index is 3.25. The third kappa shape index (κ3) is 2.01. The number of hydrogen-bond acceptors (Lipinski definition) is 1. The quantitative estimate of drug-likeness (QED) is 0.480. The minimum absolute atomic E-state index is 0.532. The molecule has 0 unspecified atom stereocenters. The van der Waals surface area contributed by atoms with Gasteiger partial charge in [-0.15, -0.1) is 0 Å². The van der Waals surface area contributed by atoms with Crippen molar-refractivity contribution >= 4 is 0 Å². The van der Waals surface area contributed by atoms with Gasteiger partial charge in [-0.2, -0.15) is 0 Å². The van der Waals surface area contributed by atoms with Gasteiger partial charge in [0.15, 0.2) is 11.6 Å². The zero-order valence-electron chi connectivity index (χ0n) is 6.44. The van der Waals surface area contributed by atoms with Crippen molar-refractivity contribution < 1.29 is 18.3 Å². The molecule has 1 aromatic rings. The molecule has 1 aromatic carbocycles. The van der Waals surface area contributed by atoms with Crippen LogP contribution >= 0.6 is 0 Å². The zero-order chi connectivity index (χ0) is 9.84. The van der Waals surface area contributed by atoms with Gasteiger partial charge >= 0.3 is 0 Å². The van der Waals surface area contributed by atoms with Gasteiger partial charge in [-0.1, -0.05) is 11.8 Å². The second-order valence-electron chi connectivity index (χ2n) is 2.18. The molecular weight excluding hydrogens is 181 g/mol. The molecule has 0 aliphatic carbocycles. The summed E-state index contributed by atoms with van der Waals surface area (Å²) in [6.07, 6.45) is 0. The van der Waals surface area contributed by atoms with E-state index in [4.69, 9.17) is 5.11 Å². The standard InChI is InChI=1S/C9H5F3O/c10-7-3-4-8(11)9(12)6(7)2-1-5-13/h3-4,13H,5H2. The van der Waals surface area contributed by atoms with E-state index in [0.29, 0.717) is 6.07 Å². The lowest BCUT2D eigenvalue weighted by atomic mass is 10.2. The maximum atomic E-state index is 12.8. The van der Waals surface area contributed by atoms with Gasteiger partial charge in [0.05, 0.1) is 5.56 Å². The number of benzene rings is 1. The van der Waals surface area contributed by atoms with Crippen LogP contribution in [0.4, 0.5) is 13.2 Å². The molecule has 13 heavy (non-hydrogen) atoms. The molecule has 4 heteroatoms. The van der Waals surface area contributed by atoms with Crippen LogP contribution in [0, 0.1) is 29.3 Å². The summed E-state index contributed by atoms with van der Waals surface area (Å²) >= 11 is 0. The molecule has 0 aliphatic rings. The Morgan fingerprint density at radius 3 is 2.38 bits per heavy atom. The highest BCUT2D eigenvalue weighted by atomic mass is 19.2. The average molecular weight is 186 g/mol. The first-order chi connectivity index (χ1) is 6.16. The molecule has 68 valence electrons. The van der Waals surface area contributed by atoms with Crippen LogP contribution in [-0.4, -0.2) is 11.7 Å². The Morgan fingerprint density at radius 2 is 1.77 bits per heavy atom. The molecule has 0 amide bonds. The Labute approximate surface area is 72.8 Å². The molecule has 0 saturated heterocycles. The summed E-state index contributed by atoms with van der Waals surface area (Å²) in [7, 11) is 0. The fourth-order valence-corrected chi connectivity index (χ4v) is 0.770. The molecule has 1 rings (SSSR count). The first-order valence-electron chi connectivity index (χ1n) is 3.40. The van der Waals surface area contributed by atoms with Crippen LogP contribution in [-0.2, 0) is 0 Å². The maximum Gasteiger partial charge on any atom is 0.177 e. The highest BCUT2D eigenvalue weighted by Gasteiger charge is 2.10. The molecular formula is C9H5F3O. The van der Waals surface area contributed by atoms with Crippen molar-refractivity contribution in [1.29, 1.82) is 0 Å². The number of aliphatic hydroxyl groups is 1. The molecule has 1 nitrogen and oxygen atoms in total. The molecule has 0 fully saturated rings. The van der Waals surface area contributed by atoms with Crippen molar-refractivity contribution in [2.45, 2.75) is 0 Å². The van der Waals surface area contributed by atoms with E-state index in [2.05, 4.69) is 0 Å². The van der Waals surface area contributed by atoms with Gasteiger partial charge < -0.3 is 5.11 Å². The highest BCUT2D eigenvalue weighted by molar-refractivity contribution is 5.37. The number of hydrogen-bond donors (Lipinski definition) is 1. The normalized spacial score (nSPS) is 9.23. The Bertz CT molecular complexity index is 376. The van der Waals surface area contributed by atoms with Crippen LogP contribution in [0.2, 0.25) is 0 Å². The fraction of sp³-hybridized carbons (Fsp3) is 0.111. The molecule has 0 radical (unpaired) electrons. The number of aliphatic hydroxyl groups excluding tert-OH is 1. The van der Waals surface area contributed by atoms with E-state index >= 15 is 0 Å². The molecule has 0 heterocycles. The summed E-state index contributed by atoms with van der Waals surface area (Å²) in [5, 5.41) is 8.27. The first-order valence-corrected chi connectivity index (χ1v) is 3.40. The minimum atomic E-state index is -1.33. The van der Waals surface area contributed by atoms with Crippen molar-refractivity contribution in [3.8, 4) is 11.8 Å². The van der Waals surface area contributed by atoms with Gasteiger partial charge in [0, 0.05) is 0 Å². The number of halogens is 3. The summed E-state index contributed by atoms with van der Waals surface area (Å²) < 4.78 is 38.1. The van der Waals surface area contributed by atoms with Gasteiger partial charge in [0.25, 0.3) is 0 Å². The Hall–Kier alpha value is -1.47. The van der Waals surface area contributed by atoms with Gasteiger partial charge in [-0.25, -0.2) is 13.2 Å². The lowest BCUT2D eigenvalue weighted by Gasteiger charge is -1.97. The Kier molecular flexibility index (Phi) is 2.93. The highest BCUT2D eigenvalue weighted by Crippen LogP contribution is 2.14. The van der Waals surface area contributed by atoms with E-state index in [9.17, 15) is 13.2 Å². The molecule has 0 aromatic heterocycles. The van der Waals surface area contributed by atoms with Crippen molar-refractivity contribution in [2.24, 2.45) is 0 Å². The summed E-state index contributed by atoms with van der Waals surface area (Å²) in [5.41, 5.74) is -0.658. The molecule has 0 spiro atoms. The molecule has 0 aliphatic heterocycles. The molecule has 0 bridgehead atoms. The van der Waals surface area contributed by atoms with E-state index in [1.54, 1.807) is 0 Å². The predicted molar refractivity (Wildman–Crippen MR) is 40.3 cm³/mol. The maximum absolute atomic E-state index is 12.8. The van der Waals surface area contributed by atoms with E-state index in [-0.39, 0.29) is 0 Å². The zero-order valence-corrected chi connectivity index (χ0v) is 6.44. The fourth-order valence-electron chi connectivity index (χ4n) is 0.770. The van der Waals surface area contributed by atoms with E-state index in [0.717, 1.165) is 6.07 Å². The van der Waals surface area contributed by atoms with Gasteiger partial charge in [0.2, 0.25) is 0 Å². The van der Waals surface area contributed by atoms with Crippen LogP contribution in [0.5, 0.6) is 0 Å². The third-order valence-electron chi connectivity index (χ3n) is 1.34. The summed E-state index contributed by atoms with van der Waals surface area (Å²) in [5.74, 6) is 0.574. The third-order valence-corrected chi connectivity index (χ3v) is 1.34. The lowest BCUT2D eigenvalue weighted by Crippen LogP contribution is -1.94. The second kappa shape index (κ2) is 3.97. The first kappa shape index (κ1) is 9.62. The van der Waals surface area contributed by atoms with E-state index in [1.165, 1.54) is 0 Å². The predicted octanol–water partition coefficient (Wildman–Crippen LogP) is 1.45. The smallest absolute Gasteiger partial charge is 0.177 e. The van der Waals surface area contributed by atoms with Crippen LogP contribution in [0.3, 0.4) is 0 Å². The summed E-state index contributed by atoms with van der Waals surface area (Å²) in [6.45, 7) is -0.532. The van der Waals surface area contributed by atoms with Crippen molar-refractivity contribution in [2.75, 3.05) is 6.61 Å². The SMILES string of the molecule is OCC#Cc1c(F)ccc(F)c1F. The van der Waals surface area contributed by atoms with Crippen molar-refractivity contribution in [1.82, 2.24) is 0 Å². The monoisotopic (exact) mass is 186 g/mol. The molecule has 0 atom stereocenters. The Morgan fingerprint density at radius 1 is 1.15 bits per heavy atom. The number of rotatable bonds is 0. The summed E-state index contributed by atoms with van der Waals surface area (Å²) in [6, 6.07) is 1.45. The van der Waals surface area contributed by atoms with Crippen LogP contribution in [0.1, 0.15) is 5.56 Å². The van der Waals surface area contributed by atoms with Crippen molar-refractivity contribution in [3.05, 3.63) is 35.1 Å². The second-order valence-corrected chi connectivity index (χ2v) is 2.18. The largest absolute Gasteiger partial charge is 0.384 e.